The van der Waals surface area contributed by atoms with E-state index in [9.17, 15) is 9.59 Å². The zero-order valence-electron chi connectivity index (χ0n) is 11.7. The largest absolute Gasteiger partial charge is 0.452 e. The summed E-state index contributed by atoms with van der Waals surface area (Å²) >= 11 is 3.22. The van der Waals surface area contributed by atoms with E-state index in [0.29, 0.717) is 22.3 Å². The number of amides is 1. The molecular weight excluding hydrogens is 429 g/mol. The summed E-state index contributed by atoms with van der Waals surface area (Å²) in [6.45, 7) is -0.362. The summed E-state index contributed by atoms with van der Waals surface area (Å²) in [7, 11) is 0. The molecule has 2 aromatic carbocycles. The molecule has 1 heterocycles. The minimum Gasteiger partial charge on any atom is -0.452 e. The molecule has 0 spiro atoms. The van der Waals surface area contributed by atoms with E-state index in [4.69, 9.17) is 4.74 Å². The Morgan fingerprint density at radius 3 is 2.70 bits per heavy atom. The molecule has 0 unspecified atom stereocenters. The minimum absolute atomic E-state index is 0.362. The number of nitrogens with one attached hydrogen (secondary N) is 1. The Labute approximate surface area is 149 Å². The van der Waals surface area contributed by atoms with Crippen LogP contribution in [0.15, 0.2) is 42.5 Å². The Morgan fingerprint density at radius 2 is 1.91 bits per heavy atom. The molecule has 0 atom stereocenters. The third-order valence-electron chi connectivity index (χ3n) is 2.97. The lowest BCUT2D eigenvalue weighted by Crippen LogP contribution is -2.21. The first-order valence-electron chi connectivity index (χ1n) is 6.57. The third-order valence-corrected chi connectivity index (χ3v) is 4.24. The van der Waals surface area contributed by atoms with E-state index in [0.717, 1.165) is 15.3 Å². The lowest BCUT2D eigenvalue weighted by molar-refractivity contribution is -0.119. The van der Waals surface area contributed by atoms with Gasteiger partial charge in [0, 0.05) is 3.57 Å². The predicted octanol–water partition coefficient (Wildman–Crippen LogP) is 3.09. The van der Waals surface area contributed by atoms with Crippen LogP contribution in [0.1, 0.15) is 10.4 Å². The first-order valence-corrected chi connectivity index (χ1v) is 8.38. The summed E-state index contributed by atoms with van der Waals surface area (Å²) in [6.07, 6.45) is 0. The maximum atomic E-state index is 11.9. The summed E-state index contributed by atoms with van der Waals surface area (Å²) in [6, 6.07) is 12.2. The predicted molar refractivity (Wildman–Crippen MR) is 95.5 cm³/mol. The maximum absolute atomic E-state index is 11.9. The normalized spacial score (nSPS) is 10.5. The van der Waals surface area contributed by atoms with Crippen molar-refractivity contribution in [2.45, 2.75) is 0 Å². The number of anilines is 1. The van der Waals surface area contributed by atoms with Crippen molar-refractivity contribution in [3.63, 3.8) is 0 Å². The molecule has 0 aliphatic heterocycles. The van der Waals surface area contributed by atoms with Gasteiger partial charge in [0.05, 0.1) is 23.0 Å². The van der Waals surface area contributed by atoms with Gasteiger partial charge in [-0.1, -0.05) is 6.07 Å². The molecule has 0 bridgehead atoms. The highest BCUT2D eigenvalue weighted by atomic mass is 127. The summed E-state index contributed by atoms with van der Waals surface area (Å²) in [4.78, 5) is 23.8. The number of benzene rings is 2. The fourth-order valence-electron chi connectivity index (χ4n) is 1.89. The van der Waals surface area contributed by atoms with Crippen LogP contribution in [0.4, 0.5) is 5.69 Å². The molecule has 6 nitrogen and oxygen atoms in total. The Morgan fingerprint density at radius 1 is 1.13 bits per heavy atom. The average Bonchev–Trinajstić information content (AvgIpc) is 3.03. The average molecular weight is 439 g/mol. The number of carbonyl (C=O) groups excluding carboxylic acids is 2. The molecule has 23 heavy (non-hydrogen) atoms. The molecule has 3 rings (SSSR count). The Hall–Kier alpha value is -2.07. The van der Waals surface area contributed by atoms with Gasteiger partial charge in [0.2, 0.25) is 0 Å². The van der Waals surface area contributed by atoms with Crippen molar-refractivity contribution in [2.75, 3.05) is 11.9 Å². The van der Waals surface area contributed by atoms with Crippen molar-refractivity contribution in [3.8, 4) is 0 Å². The van der Waals surface area contributed by atoms with Crippen molar-refractivity contribution in [1.29, 1.82) is 0 Å². The highest BCUT2D eigenvalue weighted by molar-refractivity contribution is 14.1. The SMILES string of the molecule is O=C(COC(=O)c1ccc(I)cc1)Nc1cccc2nsnc12. The van der Waals surface area contributed by atoms with Crippen LogP contribution in [0.3, 0.4) is 0 Å². The summed E-state index contributed by atoms with van der Waals surface area (Å²) < 4.78 is 14.3. The second kappa shape index (κ2) is 7.01. The molecule has 0 radical (unpaired) electrons. The van der Waals surface area contributed by atoms with E-state index >= 15 is 0 Å². The molecule has 1 aromatic heterocycles. The third kappa shape index (κ3) is 3.82. The molecule has 0 saturated heterocycles. The van der Waals surface area contributed by atoms with E-state index < -0.39 is 11.9 Å². The van der Waals surface area contributed by atoms with Crippen molar-refractivity contribution in [3.05, 3.63) is 51.6 Å². The Bertz CT molecular complexity index is 864. The summed E-state index contributed by atoms with van der Waals surface area (Å²) in [5, 5.41) is 2.67. The molecule has 116 valence electrons. The summed E-state index contributed by atoms with van der Waals surface area (Å²) in [5.74, 6) is -0.963. The molecule has 0 aliphatic rings. The standard InChI is InChI=1S/C15H10IN3O3S/c16-10-6-4-9(5-7-10)15(21)22-8-13(20)17-11-2-1-3-12-14(11)19-23-18-12/h1-7H,8H2,(H,17,20). The van der Waals surface area contributed by atoms with Gasteiger partial charge >= 0.3 is 5.97 Å². The number of nitrogens with zero attached hydrogens (tertiary/aromatic N) is 2. The number of esters is 1. The number of rotatable bonds is 4. The topological polar surface area (TPSA) is 81.2 Å². The molecule has 3 aromatic rings. The smallest absolute Gasteiger partial charge is 0.338 e. The molecular formula is C15H10IN3O3S. The van der Waals surface area contributed by atoms with Gasteiger partial charge in [0.25, 0.3) is 5.91 Å². The molecule has 0 saturated carbocycles. The molecule has 1 N–H and O–H groups in total. The second-order valence-corrected chi connectivity index (χ2v) is 6.34. The number of fused-ring (bicyclic) bond motifs is 1. The van der Waals surface area contributed by atoms with Crippen LogP contribution in [-0.2, 0) is 9.53 Å². The fraction of sp³-hybridized carbons (Fsp3) is 0.0667. The number of aromatic nitrogens is 2. The van der Waals surface area contributed by atoms with E-state index in [1.165, 1.54) is 0 Å². The van der Waals surface area contributed by atoms with Gasteiger partial charge < -0.3 is 10.1 Å². The highest BCUT2D eigenvalue weighted by Crippen LogP contribution is 2.20. The van der Waals surface area contributed by atoms with Crippen LogP contribution in [-0.4, -0.2) is 27.2 Å². The number of halogens is 1. The number of carbonyl (C=O) groups is 2. The van der Waals surface area contributed by atoms with Gasteiger partial charge in [-0.05, 0) is 59.0 Å². The van der Waals surface area contributed by atoms with E-state index in [2.05, 4.69) is 36.7 Å². The quantitative estimate of drug-likeness (QED) is 0.499. The maximum Gasteiger partial charge on any atom is 0.338 e. The van der Waals surface area contributed by atoms with E-state index in [1.54, 1.807) is 36.4 Å². The molecule has 8 heteroatoms. The Balaban J connectivity index is 1.60. The lowest BCUT2D eigenvalue weighted by Gasteiger charge is -2.07. The second-order valence-electron chi connectivity index (χ2n) is 4.57. The van der Waals surface area contributed by atoms with E-state index in [1.807, 2.05) is 6.07 Å². The molecule has 0 aliphatic carbocycles. The zero-order valence-corrected chi connectivity index (χ0v) is 14.6. The van der Waals surface area contributed by atoms with Crippen LogP contribution in [0.5, 0.6) is 0 Å². The van der Waals surface area contributed by atoms with Gasteiger partial charge in [-0.25, -0.2) is 4.79 Å². The van der Waals surface area contributed by atoms with Crippen LogP contribution in [0.25, 0.3) is 11.0 Å². The van der Waals surface area contributed by atoms with Gasteiger partial charge in [0.15, 0.2) is 6.61 Å². The van der Waals surface area contributed by atoms with Crippen molar-refractivity contribution in [1.82, 2.24) is 8.75 Å². The van der Waals surface area contributed by atoms with E-state index in [-0.39, 0.29) is 6.61 Å². The monoisotopic (exact) mass is 439 g/mol. The lowest BCUT2D eigenvalue weighted by atomic mass is 10.2. The number of ether oxygens (including phenoxy) is 1. The van der Waals surface area contributed by atoms with Crippen molar-refractivity contribution in [2.24, 2.45) is 0 Å². The zero-order chi connectivity index (χ0) is 16.2. The number of hydrogen-bond acceptors (Lipinski definition) is 6. The van der Waals surface area contributed by atoms with Gasteiger partial charge in [-0.15, -0.1) is 0 Å². The van der Waals surface area contributed by atoms with Crippen LogP contribution < -0.4 is 5.32 Å². The van der Waals surface area contributed by atoms with Gasteiger partial charge in [0.1, 0.15) is 11.0 Å². The minimum atomic E-state index is -0.537. The first-order chi connectivity index (χ1) is 11.1. The van der Waals surface area contributed by atoms with Crippen LogP contribution in [0, 0.1) is 3.57 Å². The fourth-order valence-corrected chi connectivity index (χ4v) is 2.80. The van der Waals surface area contributed by atoms with Crippen molar-refractivity contribution >= 4 is 62.9 Å². The summed E-state index contributed by atoms with van der Waals surface area (Å²) in [5.41, 5.74) is 2.29. The van der Waals surface area contributed by atoms with Crippen LogP contribution in [0.2, 0.25) is 0 Å². The Kier molecular flexibility index (Phi) is 4.82. The first kappa shape index (κ1) is 15.8. The van der Waals surface area contributed by atoms with Gasteiger partial charge in [-0.3, -0.25) is 4.79 Å². The van der Waals surface area contributed by atoms with Crippen LogP contribution >= 0.6 is 34.3 Å². The number of hydrogen-bond donors (Lipinski definition) is 1. The van der Waals surface area contributed by atoms with Gasteiger partial charge in [-0.2, -0.15) is 8.75 Å². The van der Waals surface area contributed by atoms with Crippen molar-refractivity contribution < 1.29 is 14.3 Å². The molecule has 1 amide bonds. The highest BCUT2D eigenvalue weighted by Gasteiger charge is 2.12. The molecule has 0 fully saturated rings.